The van der Waals surface area contributed by atoms with Crippen LogP contribution in [0.5, 0.6) is 11.5 Å². The van der Waals surface area contributed by atoms with Crippen molar-refractivity contribution in [2.75, 3.05) is 13.2 Å². The molecule has 3 rings (SSSR count). The quantitative estimate of drug-likeness (QED) is 0.749. The Morgan fingerprint density at radius 2 is 1.61 bits per heavy atom. The van der Waals surface area contributed by atoms with Gasteiger partial charge in [0.1, 0.15) is 0 Å². The van der Waals surface area contributed by atoms with E-state index < -0.39 is 0 Å². The van der Waals surface area contributed by atoms with Crippen LogP contribution in [0.15, 0.2) is 48.5 Å². The van der Waals surface area contributed by atoms with Gasteiger partial charge in [-0.15, -0.1) is 0 Å². The van der Waals surface area contributed by atoms with Crippen molar-refractivity contribution in [1.82, 2.24) is 15.2 Å². The summed E-state index contributed by atoms with van der Waals surface area (Å²) in [5.74, 6) is 2.81. The summed E-state index contributed by atoms with van der Waals surface area (Å²) >= 11 is 0. The average molecular weight is 309 g/mol. The van der Waals surface area contributed by atoms with Crippen molar-refractivity contribution < 1.29 is 9.47 Å². The van der Waals surface area contributed by atoms with Gasteiger partial charge in [0.2, 0.25) is 0 Å². The minimum atomic E-state index is 0.576. The Labute approximate surface area is 135 Å². The van der Waals surface area contributed by atoms with Gasteiger partial charge in [-0.25, -0.2) is 4.98 Å². The molecule has 0 bridgehead atoms. The van der Waals surface area contributed by atoms with Crippen LogP contribution in [0.3, 0.4) is 0 Å². The highest BCUT2D eigenvalue weighted by Crippen LogP contribution is 2.32. The summed E-state index contributed by atoms with van der Waals surface area (Å²) in [4.78, 5) is 4.56. The molecule has 0 unspecified atom stereocenters. The van der Waals surface area contributed by atoms with Gasteiger partial charge in [0, 0.05) is 11.1 Å². The molecule has 0 aliphatic heterocycles. The fraction of sp³-hybridized carbons (Fsp3) is 0.222. The Morgan fingerprint density at radius 3 is 2.35 bits per heavy atom. The summed E-state index contributed by atoms with van der Waals surface area (Å²) in [6.07, 6.45) is 0. The number of aromatic nitrogens is 3. The maximum atomic E-state index is 5.65. The summed E-state index contributed by atoms with van der Waals surface area (Å²) in [6.45, 7) is 5.07. The topological polar surface area (TPSA) is 60.0 Å². The molecule has 5 heteroatoms. The number of ether oxygens (including phenoxy) is 2. The zero-order valence-electron chi connectivity index (χ0n) is 13.2. The van der Waals surface area contributed by atoms with Gasteiger partial charge in [-0.2, -0.15) is 5.10 Å². The predicted molar refractivity (Wildman–Crippen MR) is 89.6 cm³/mol. The molecule has 118 valence electrons. The van der Waals surface area contributed by atoms with Crippen molar-refractivity contribution in [3.8, 4) is 34.3 Å². The average Bonchev–Trinajstić information content (AvgIpc) is 3.08. The number of benzene rings is 2. The second-order valence-corrected chi connectivity index (χ2v) is 4.90. The van der Waals surface area contributed by atoms with Gasteiger partial charge in [-0.1, -0.05) is 30.3 Å². The predicted octanol–water partition coefficient (Wildman–Crippen LogP) is 3.94. The van der Waals surface area contributed by atoms with E-state index in [0.717, 1.165) is 22.7 Å². The van der Waals surface area contributed by atoms with E-state index in [1.54, 1.807) is 0 Å². The van der Waals surface area contributed by atoms with Crippen molar-refractivity contribution in [3.05, 3.63) is 48.5 Å². The molecule has 0 amide bonds. The van der Waals surface area contributed by atoms with E-state index in [9.17, 15) is 0 Å². The lowest BCUT2D eigenvalue weighted by molar-refractivity contribution is 0.288. The molecule has 1 heterocycles. The van der Waals surface area contributed by atoms with Gasteiger partial charge >= 0.3 is 0 Å². The van der Waals surface area contributed by atoms with Crippen LogP contribution in [-0.2, 0) is 0 Å². The van der Waals surface area contributed by atoms with Crippen LogP contribution < -0.4 is 9.47 Å². The first-order valence-electron chi connectivity index (χ1n) is 7.69. The first kappa shape index (κ1) is 15.1. The molecule has 1 N–H and O–H groups in total. The SMILES string of the molecule is CCOc1ccc(-c2n[nH]c(-c3ccccc3)n2)cc1OCC. The van der Waals surface area contributed by atoms with E-state index >= 15 is 0 Å². The first-order valence-corrected chi connectivity index (χ1v) is 7.69. The van der Waals surface area contributed by atoms with Crippen molar-refractivity contribution in [1.29, 1.82) is 0 Å². The van der Waals surface area contributed by atoms with Crippen molar-refractivity contribution in [3.63, 3.8) is 0 Å². The Balaban J connectivity index is 1.93. The molecular weight excluding hydrogens is 290 g/mol. The fourth-order valence-corrected chi connectivity index (χ4v) is 2.31. The van der Waals surface area contributed by atoms with E-state index in [4.69, 9.17) is 9.47 Å². The van der Waals surface area contributed by atoms with Gasteiger partial charge in [0.15, 0.2) is 23.1 Å². The number of nitrogens with zero attached hydrogens (tertiary/aromatic N) is 2. The fourth-order valence-electron chi connectivity index (χ4n) is 2.31. The van der Waals surface area contributed by atoms with Gasteiger partial charge in [-0.3, -0.25) is 5.10 Å². The highest BCUT2D eigenvalue weighted by molar-refractivity contribution is 5.64. The van der Waals surface area contributed by atoms with E-state index in [1.807, 2.05) is 62.4 Å². The van der Waals surface area contributed by atoms with Crippen LogP contribution in [0.1, 0.15) is 13.8 Å². The van der Waals surface area contributed by atoms with Crippen LogP contribution in [0.25, 0.3) is 22.8 Å². The normalized spacial score (nSPS) is 10.5. The van der Waals surface area contributed by atoms with Gasteiger partial charge in [-0.05, 0) is 32.0 Å². The maximum Gasteiger partial charge on any atom is 0.181 e. The van der Waals surface area contributed by atoms with Crippen LogP contribution in [-0.4, -0.2) is 28.4 Å². The van der Waals surface area contributed by atoms with Crippen LogP contribution in [0.4, 0.5) is 0 Å². The number of aromatic amines is 1. The maximum absolute atomic E-state index is 5.65. The molecule has 3 aromatic rings. The highest BCUT2D eigenvalue weighted by Gasteiger charge is 2.11. The number of hydrogen-bond donors (Lipinski definition) is 1. The molecule has 23 heavy (non-hydrogen) atoms. The number of rotatable bonds is 6. The summed E-state index contributed by atoms with van der Waals surface area (Å²) < 4.78 is 11.2. The summed E-state index contributed by atoms with van der Waals surface area (Å²) in [5.41, 5.74) is 1.89. The Hall–Kier alpha value is -2.82. The standard InChI is InChI=1S/C18H19N3O2/c1-3-22-15-11-10-14(12-16(15)23-4-2)18-19-17(20-21-18)13-8-6-5-7-9-13/h5-12H,3-4H2,1-2H3,(H,19,20,21). The molecule has 0 radical (unpaired) electrons. The van der Waals surface area contributed by atoms with Gasteiger partial charge in [0.05, 0.1) is 13.2 Å². The highest BCUT2D eigenvalue weighted by atomic mass is 16.5. The van der Waals surface area contributed by atoms with E-state index in [-0.39, 0.29) is 0 Å². The van der Waals surface area contributed by atoms with Gasteiger partial charge < -0.3 is 9.47 Å². The summed E-state index contributed by atoms with van der Waals surface area (Å²) in [7, 11) is 0. The summed E-state index contributed by atoms with van der Waals surface area (Å²) in [6, 6.07) is 15.6. The minimum absolute atomic E-state index is 0.576. The molecule has 0 fully saturated rings. The molecule has 0 aliphatic carbocycles. The molecular formula is C18H19N3O2. The van der Waals surface area contributed by atoms with Crippen LogP contribution >= 0.6 is 0 Å². The molecule has 0 saturated heterocycles. The van der Waals surface area contributed by atoms with E-state index in [2.05, 4.69) is 15.2 Å². The molecule has 0 aliphatic rings. The Morgan fingerprint density at radius 1 is 0.870 bits per heavy atom. The summed E-state index contributed by atoms with van der Waals surface area (Å²) in [5, 5.41) is 7.29. The Bertz CT molecular complexity index is 769. The minimum Gasteiger partial charge on any atom is -0.490 e. The third-order valence-corrected chi connectivity index (χ3v) is 3.33. The third kappa shape index (κ3) is 3.34. The number of nitrogens with one attached hydrogen (secondary N) is 1. The lowest BCUT2D eigenvalue weighted by Gasteiger charge is -2.11. The molecule has 1 aromatic heterocycles. The largest absolute Gasteiger partial charge is 0.490 e. The molecule has 2 aromatic carbocycles. The zero-order chi connectivity index (χ0) is 16.1. The third-order valence-electron chi connectivity index (χ3n) is 3.33. The molecule has 0 saturated carbocycles. The first-order chi connectivity index (χ1) is 11.3. The van der Waals surface area contributed by atoms with Crippen molar-refractivity contribution >= 4 is 0 Å². The van der Waals surface area contributed by atoms with E-state index in [1.165, 1.54) is 0 Å². The van der Waals surface area contributed by atoms with Crippen molar-refractivity contribution in [2.45, 2.75) is 13.8 Å². The molecule has 0 atom stereocenters. The van der Waals surface area contributed by atoms with E-state index in [0.29, 0.717) is 24.8 Å². The van der Waals surface area contributed by atoms with Crippen LogP contribution in [0.2, 0.25) is 0 Å². The van der Waals surface area contributed by atoms with Crippen molar-refractivity contribution in [2.24, 2.45) is 0 Å². The second kappa shape index (κ2) is 6.96. The lowest BCUT2D eigenvalue weighted by Crippen LogP contribution is -1.98. The number of hydrogen-bond acceptors (Lipinski definition) is 4. The lowest BCUT2D eigenvalue weighted by atomic mass is 10.2. The second-order valence-electron chi connectivity index (χ2n) is 4.90. The zero-order valence-corrected chi connectivity index (χ0v) is 13.2. The monoisotopic (exact) mass is 309 g/mol. The Kier molecular flexibility index (Phi) is 4.57. The van der Waals surface area contributed by atoms with Gasteiger partial charge in [0.25, 0.3) is 0 Å². The smallest absolute Gasteiger partial charge is 0.181 e. The van der Waals surface area contributed by atoms with Crippen LogP contribution in [0, 0.1) is 0 Å². The molecule has 5 nitrogen and oxygen atoms in total. The number of H-pyrrole nitrogens is 1. The molecule has 0 spiro atoms.